The van der Waals surface area contributed by atoms with E-state index >= 15 is 0 Å². The molecule has 11 atom stereocenters. The maximum Gasteiger partial charge on any atom is 0.306 e. The summed E-state index contributed by atoms with van der Waals surface area (Å²) in [5.74, 6) is 3.46. The fraction of sp³-hybridized carbons (Fsp3) is 0.962. The molecule has 0 aromatic rings. The van der Waals surface area contributed by atoms with E-state index < -0.39 is 5.97 Å². The number of carbonyl (C=O) groups is 1. The van der Waals surface area contributed by atoms with Gasteiger partial charge in [-0.2, -0.15) is 0 Å². The molecule has 4 aliphatic carbocycles. The molecule has 2 N–H and O–H groups in total. The first-order valence-electron chi connectivity index (χ1n) is 12.5. The lowest BCUT2D eigenvalue weighted by molar-refractivity contribution is -0.169. The minimum atomic E-state index is -0.659. The maximum absolute atomic E-state index is 11.4. The van der Waals surface area contributed by atoms with Crippen molar-refractivity contribution < 1.29 is 15.0 Å². The Labute approximate surface area is 178 Å². The lowest BCUT2D eigenvalue weighted by Crippen LogP contribution is -2.58. The third-order valence-electron chi connectivity index (χ3n) is 10.9. The molecule has 29 heavy (non-hydrogen) atoms. The Kier molecular flexibility index (Phi) is 5.63. The summed E-state index contributed by atoms with van der Waals surface area (Å²) in [4.78, 5) is 11.4. The Morgan fingerprint density at radius 3 is 2.34 bits per heavy atom. The largest absolute Gasteiger partial charge is 0.481 e. The van der Waals surface area contributed by atoms with Crippen molar-refractivity contribution in [3.8, 4) is 0 Å². The second-order valence-electron chi connectivity index (χ2n) is 12.4. The van der Waals surface area contributed by atoms with Crippen molar-refractivity contribution in [1.29, 1.82) is 0 Å². The van der Waals surface area contributed by atoms with Gasteiger partial charge in [-0.3, -0.25) is 4.79 Å². The van der Waals surface area contributed by atoms with Gasteiger partial charge in [0.25, 0.3) is 0 Å². The number of aliphatic hydroxyl groups excluding tert-OH is 1. The van der Waals surface area contributed by atoms with E-state index in [1.807, 2.05) is 6.92 Å². The fourth-order valence-corrected chi connectivity index (χ4v) is 9.24. The molecule has 166 valence electrons. The molecule has 3 nitrogen and oxygen atoms in total. The highest BCUT2D eigenvalue weighted by Gasteiger charge is 2.62. The quantitative estimate of drug-likeness (QED) is 0.604. The van der Waals surface area contributed by atoms with Crippen LogP contribution in [0.4, 0.5) is 0 Å². The smallest absolute Gasteiger partial charge is 0.306 e. The van der Waals surface area contributed by atoms with E-state index in [0.29, 0.717) is 40.9 Å². The second-order valence-corrected chi connectivity index (χ2v) is 12.4. The standard InChI is InChI=1S/C26H44O3/c1-15-8-10-25(4)18(12-15)14-22(27)23-20-7-6-19(16(2)13-17(3)24(28)29)26(20,5)11-9-21(23)25/h15-23,27H,6-14H2,1-5H3,(H,28,29)/t15-,16?,17?,18?,19?,20?,21?,22?,23?,25?,26?/m1/s1. The van der Waals surface area contributed by atoms with E-state index in [2.05, 4.69) is 27.7 Å². The Balaban J connectivity index is 1.56. The normalized spacial score (nSPS) is 51.4. The average molecular weight is 405 g/mol. The predicted molar refractivity (Wildman–Crippen MR) is 116 cm³/mol. The molecule has 4 aliphatic rings. The van der Waals surface area contributed by atoms with Gasteiger partial charge in [0.05, 0.1) is 12.0 Å². The van der Waals surface area contributed by atoms with E-state index in [4.69, 9.17) is 0 Å². The van der Waals surface area contributed by atoms with E-state index in [1.54, 1.807) is 0 Å². The molecule has 4 rings (SSSR count). The first-order chi connectivity index (χ1) is 13.6. The third kappa shape index (κ3) is 3.38. The van der Waals surface area contributed by atoms with Gasteiger partial charge in [0.2, 0.25) is 0 Å². The molecule has 10 unspecified atom stereocenters. The summed E-state index contributed by atoms with van der Waals surface area (Å²) in [6, 6.07) is 0. The van der Waals surface area contributed by atoms with Crippen LogP contribution < -0.4 is 0 Å². The van der Waals surface area contributed by atoms with Gasteiger partial charge in [0.1, 0.15) is 0 Å². The van der Waals surface area contributed by atoms with Crippen molar-refractivity contribution in [2.45, 2.75) is 98.5 Å². The molecule has 3 heteroatoms. The van der Waals surface area contributed by atoms with Gasteiger partial charge in [0.15, 0.2) is 0 Å². The van der Waals surface area contributed by atoms with Crippen LogP contribution in [0.15, 0.2) is 0 Å². The van der Waals surface area contributed by atoms with Gasteiger partial charge in [-0.15, -0.1) is 0 Å². The van der Waals surface area contributed by atoms with Crippen LogP contribution in [-0.2, 0) is 4.79 Å². The molecule has 4 fully saturated rings. The number of carboxylic acid groups (broad SMARTS) is 1. The van der Waals surface area contributed by atoms with Crippen LogP contribution in [0.2, 0.25) is 0 Å². The Hall–Kier alpha value is -0.570. The molecule has 0 aromatic heterocycles. The van der Waals surface area contributed by atoms with Crippen molar-refractivity contribution in [1.82, 2.24) is 0 Å². The second kappa shape index (κ2) is 7.53. The number of aliphatic carboxylic acids is 1. The maximum atomic E-state index is 11.4. The van der Waals surface area contributed by atoms with Gasteiger partial charge in [-0.1, -0.05) is 41.0 Å². The zero-order valence-corrected chi connectivity index (χ0v) is 19.4. The van der Waals surface area contributed by atoms with E-state index in [0.717, 1.165) is 18.8 Å². The van der Waals surface area contributed by atoms with Crippen LogP contribution in [0, 0.1) is 58.2 Å². The molecular weight excluding hydrogens is 360 g/mol. The van der Waals surface area contributed by atoms with Crippen LogP contribution in [0.25, 0.3) is 0 Å². The van der Waals surface area contributed by atoms with Gasteiger partial charge in [-0.25, -0.2) is 0 Å². The first kappa shape index (κ1) is 21.7. The monoisotopic (exact) mass is 404 g/mol. The Morgan fingerprint density at radius 1 is 1.00 bits per heavy atom. The van der Waals surface area contributed by atoms with Crippen molar-refractivity contribution >= 4 is 5.97 Å². The van der Waals surface area contributed by atoms with Crippen LogP contribution in [0.3, 0.4) is 0 Å². The van der Waals surface area contributed by atoms with E-state index in [1.165, 1.54) is 44.9 Å². The van der Waals surface area contributed by atoms with Gasteiger partial charge >= 0.3 is 5.97 Å². The zero-order chi connectivity index (χ0) is 21.1. The van der Waals surface area contributed by atoms with Gasteiger partial charge in [-0.05, 0) is 104 Å². The molecular formula is C26H44O3. The number of hydrogen-bond donors (Lipinski definition) is 2. The van der Waals surface area contributed by atoms with Crippen molar-refractivity contribution in [3.05, 3.63) is 0 Å². The first-order valence-corrected chi connectivity index (χ1v) is 12.5. The zero-order valence-electron chi connectivity index (χ0n) is 19.4. The van der Waals surface area contributed by atoms with Crippen LogP contribution in [-0.4, -0.2) is 22.3 Å². The number of hydrogen-bond acceptors (Lipinski definition) is 2. The van der Waals surface area contributed by atoms with Crippen molar-refractivity contribution in [2.24, 2.45) is 58.2 Å². The Bertz CT molecular complexity index is 631. The predicted octanol–water partition coefficient (Wildman–Crippen LogP) is 6.00. The summed E-state index contributed by atoms with van der Waals surface area (Å²) in [5.41, 5.74) is 0.713. The molecule has 0 bridgehead atoms. The van der Waals surface area contributed by atoms with Crippen LogP contribution >= 0.6 is 0 Å². The highest BCUT2D eigenvalue weighted by molar-refractivity contribution is 5.69. The lowest BCUT2D eigenvalue weighted by atomic mass is 9.43. The topological polar surface area (TPSA) is 57.5 Å². The summed E-state index contributed by atoms with van der Waals surface area (Å²) >= 11 is 0. The highest BCUT2D eigenvalue weighted by atomic mass is 16.4. The fourth-order valence-electron chi connectivity index (χ4n) is 9.24. The molecule has 0 saturated heterocycles. The van der Waals surface area contributed by atoms with Crippen molar-refractivity contribution in [3.63, 3.8) is 0 Å². The van der Waals surface area contributed by atoms with Crippen LogP contribution in [0.5, 0.6) is 0 Å². The average Bonchev–Trinajstić information content (AvgIpc) is 3.00. The molecule has 0 radical (unpaired) electrons. The summed E-state index contributed by atoms with van der Waals surface area (Å²) in [7, 11) is 0. The minimum absolute atomic E-state index is 0.125. The highest BCUT2D eigenvalue weighted by Crippen LogP contribution is 2.68. The van der Waals surface area contributed by atoms with Crippen molar-refractivity contribution in [2.75, 3.05) is 0 Å². The third-order valence-corrected chi connectivity index (χ3v) is 10.9. The number of fused-ring (bicyclic) bond motifs is 5. The summed E-state index contributed by atoms with van der Waals surface area (Å²) in [5, 5.41) is 20.8. The molecule has 4 saturated carbocycles. The summed E-state index contributed by atoms with van der Waals surface area (Å²) in [6.45, 7) is 11.6. The lowest BCUT2D eigenvalue weighted by Gasteiger charge is -2.62. The van der Waals surface area contributed by atoms with E-state index in [9.17, 15) is 15.0 Å². The summed E-state index contributed by atoms with van der Waals surface area (Å²) < 4.78 is 0. The molecule has 0 amide bonds. The number of carboxylic acids is 1. The van der Waals surface area contributed by atoms with Gasteiger partial charge in [0, 0.05) is 0 Å². The minimum Gasteiger partial charge on any atom is -0.481 e. The van der Waals surface area contributed by atoms with E-state index in [-0.39, 0.29) is 17.4 Å². The molecule has 0 spiro atoms. The van der Waals surface area contributed by atoms with Crippen LogP contribution in [0.1, 0.15) is 92.4 Å². The Morgan fingerprint density at radius 2 is 1.66 bits per heavy atom. The SMILES string of the molecule is CC(CC(C)C1CCC2C3C(O)CC4C[C@H](C)CCC4(C)C3CCC12C)C(=O)O. The number of aliphatic hydroxyl groups is 1. The molecule has 0 aromatic carbocycles. The number of rotatable bonds is 4. The molecule has 0 aliphatic heterocycles. The molecule has 0 heterocycles. The summed E-state index contributed by atoms with van der Waals surface area (Å²) in [6.07, 6.45) is 10.7. The van der Waals surface area contributed by atoms with Gasteiger partial charge < -0.3 is 10.2 Å².